The number of benzene rings is 1. The number of Topliss-reactive ketones (excluding diaryl/α,β-unsaturated/α-hetero) is 1. The van der Waals surface area contributed by atoms with Gasteiger partial charge in [-0.1, -0.05) is 12.1 Å². The van der Waals surface area contributed by atoms with E-state index in [2.05, 4.69) is 24.6 Å². The maximum absolute atomic E-state index is 12.6. The minimum Gasteiger partial charge on any atom is -0.504 e. The van der Waals surface area contributed by atoms with Gasteiger partial charge >= 0.3 is 0 Å². The summed E-state index contributed by atoms with van der Waals surface area (Å²) in [7, 11) is 3.84. The van der Waals surface area contributed by atoms with Gasteiger partial charge in [0.15, 0.2) is 11.5 Å². The SMILES string of the molecule is C=CC12CC(C(C)=O)C(OC)C3Oc4c(O)ccc5c4C31CCN(C)C2C5. The van der Waals surface area contributed by atoms with Gasteiger partial charge in [-0.25, -0.2) is 0 Å². The number of phenolic OH excluding ortho intramolecular Hbond substituents is 1. The third-order valence-electron chi connectivity index (χ3n) is 8.04. The van der Waals surface area contributed by atoms with Crippen molar-refractivity contribution < 1.29 is 19.4 Å². The summed E-state index contributed by atoms with van der Waals surface area (Å²) in [5.41, 5.74) is 1.80. The van der Waals surface area contributed by atoms with Crippen LogP contribution in [0.2, 0.25) is 0 Å². The molecule has 6 unspecified atom stereocenters. The van der Waals surface area contributed by atoms with Crippen LogP contribution in [-0.2, 0) is 21.4 Å². The lowest BCUT2D eigenvalue weighted by Gasteiger charge is -2.66. The van der Waals surface area contributed by atoms with Crippen molar-refractivity contribution in [2.45, 2.75) is 49.9 Å². The quantitative estimate of drug-likeness (QED) is 0.830. The van der Waals surface area contributed by atoms with Crippen LogP contribution in [0.4, 0.5) is 0 Å². The Morgan fingerprint density at radius 3 is 2.93 bits per heavy atom. The predicted octanol–water partition coefficient (Wildman–Crippen LogP) is 2.45. The van der Waals surface area contributed by atoms with E-state index in [0.29, 0.717) is 12.2 Å². The lowest BCUT2D eigenvalue weighted by atomic mass is 9.41. The minimum absolute atomic E-state index is 0.133. The highest BCUT2D eigenvalue weighted by molar-refractivity contribution is 5.80. The molecule has 0 amide bonds. The van der Waals surface area contributed by atoms with Crippen molar-refractivity contribution in [3.8, 4) is 11.5 Å². The number of methoxy groups -OCH3 is 1. The highest BCUT2D eigenvalue weighted by atomic mass is 16.5. The lowest BCUT2D eigenvalue weighted by Crippen LogP contribution is -2.74. The normalized spacial score (nSPS) is 41.6. The molecule has 4 aliphatic rings. The average molecular weight is 369 g/mol. The van der Waals surface area contributed by atoms with Crippen molar-refractivity contribution in [3.05, 3.63) is 35.9 Å². The van der Waals surface area contributed by atoms with Gasteiger partial charge in [-0.05, 0) is 51.4 Å². The van der Waals surface area contributed by atoms with Gasteiger partial charge in [-0.2, -0.15) is 0 Å². The number of ketones is 1. The van der Waals surface area contributed by atoms with Crippen molar-refractivity contribution in [2.24, 2.45) is 11.3 Å². The second kappa shape index (κ2) is 5.36. The Labute approximate surface area is 160 Å². The van der Waals surface area contributed by atoms with Crippen LogP contribution >= 0.6 is 0 Å². The van der Waals surface area contributed by atoms with Gasteiger partial charge < -0.3 is 19.5 Å². The molecule has 1 aromatic rings. The van der Waals surface area contributed by atoms with Crippen molar-refractivity contribution in [1.29, 1.82) is 0 Å². The Morgan fingerprint density at radius 2 is 2.26 bits per heavy atom. The molecule has 1 aromatic carbocycles. The van der Waals surface area contributed by atoms with Crippen molar-refractivity contribution in [2.75, 3.05) is 20.7 Å². The van der Waals surface area contributed by atoms with E-state index in [1.54, 1.807) is 20.1 Å². The Morgan fingerprint density at radius 1 is 1.48 bits per heavy atom. The molecule has 1 spiro atoms. The van der Waals surface area contributed by atoms with Crippen molar-refractivity contribution >= 4 is 5.78 Å². The summed E-state index contributed by atoms with van der Waals surface area (Å²) in [5.74, 6) is 0.673. The smallest absolute Gasteiger partial charge is 0.165 e. The Kier molecular flexibility index (Phi) is 3.43. The Hall–Kier alpha value is -1.85. The van der Waals surface area contributed by atoms with E-state index < -0.39 is 0 Å². The fourth-order valence-corrected chi connectivity index (χ4v) is 6.92. The molecule has 144 valence electrons. The van der Waals surface area contributed by atoms with Gasteiger partial charge in [0.1, 0.15) is 18.0 Å². The first-order valence-electron chi connectivity index (χ1n) is 9.80. The molecule has 0 radical (unpaired) electrons. The van der Waals surface area contributed by atoms with E-state index in [1.807, 2.05) is 6.07 Å². The number of likely N-dealkylation sites (tertiary alicyclic amines) is 1. The summed E-state index contributed by atoms with van der Waals surface area (Å²) >= 11 is 0. The zero-order valence-corrected chi connectivity index (χ0v) is 16.2. The molecule has 5 rings (SSSR count). The number of ether oxygens (including phenoxy) is 2. The third kappa shape index (κ3) is 1.76. The monoisotopic (exact) mass is 369 g/mol. The number of nitrogens with zero attached hydrogens (tertiary/aromatic N) is 1. The van der Waals surface area contributed by atoms with Gasteiger partial charge in [0.25, 0.3) is 0 Å². The summed E-state index contributed by atoms with van der Waals surface area (Å²) in [6.07, 6.45) is 3.98. The Balaban J connectivity index is 1.85. The molecule has 0 aromatic heterocycles. The first-order chi connectivity index (χ1) is 12.9. The number of likely N-dealkylation sites (N-methyl/N-ethyl adjacent to an activating group) is 1. The number of piperidine rings is 1. The van der Waals surface area contributed by atoms with Crippen LogP contribution in [0.1, 0.15) is 30.9 Å². The number of carbonyl (C=O) groups excluding carboxylic acids is 1. The van der Waals surface area contributed by atoms with Gasteiger partial charge in [0, 0.05) is 30.0 Å². The summed E-state index contributed by atoms with van der Waals surface area (Å²) in [6, 6.07) is 4.04. The molecule has 2 bridgehead atoms. The third-order valence-corrected chi connectivity index (χ3v) is 8.04. The second-order valence-electron chi connectivity index (χ2n) is 8.77. The molecule has 5 nitrogen and oxygen atoms in total. The fourth-order valence-electron chi connectivity index (χ4n) is 6.92. The van der Waals surface area contributed by atoms with Crippen LogP contribution in [0.3, 0.4) is 0 Å². The molecular weight excluding hydrogens is 342 g/mol. The van der Waals surface area contributed by atoms with Crippen LogP contribution in [-0.4, -0.2) is 54.7 Å². The Bertz CT molecular complexity index is 851. The largest absolute Gasteiger partial charge is 0.504 e. The molecule has 5 heteroatoms. The molecule has 1 saturated carbocycles. The van der Waals surface area contributed by atoms with E-state index >= 15 is 0 Å². The van der Waals surface area contributed by atoms with Crippen LogP contribution in [0, 0.1) is 11.3 Å². The number of rotatable bonds is 3. The zero-order valence-electron chi connectivity index (χ0n) is 16.2. The van der Waals surface area contributed by atoms with E-state index in [0.717, 1.165) is 24.9 Å². The minimum atomic E-state index is -0.322. The van der Waals surface area contributed by atoms with Crippen molar-refractivity contribution in [1.82, 2.24) is 4.90 Å². The van der Waals surface area contributed by atoms with Crippen LogP contribution < -0.4 is 4.74 Å². The maximum Gasteiger partial charge on any atom is 0.165 e. The first kappa shape index (κ1) is 17.3. The molecule has 2 aliphatic heterocycles. The summed E-state index contributed by atoms with van der Waals surface area (Å²) < 4.78 is 12.4. The number of aromatic hydroxyl groups is 1. The van der Waals surface area contributed by atoms with Crippen LogP contribution in [0.25, 0.3) is 0 Å². The van der Waals surface area contributed by atoms with E-state index in [1.165, 1.54) is 5.56 Å². The number of hydrogen-bond donors (Lipinski definition) is 1. The number of phenols is 1. The maximum atomic E-state index is 12.6. The summed E-state index contributed by atoms with van der Waals surface area (Å²) in [4.78, 5) is 15.0. The number of hydrogen-bond acceptors (Lipinski definition) is 5. The van der Waals surface area contributed by atoms with Crippen LogP contribution in [0.5, 0.6) is 11.5 Å². The van der Waals surface area contributed by atoms with E-state index in [9.17, 15) is 9.90 Å². The van der Waals surface area contributed by atoms with Crippen molar-refractivity contribution in [3.63, 3.8) is 0 Å². The molecule has 27 heavy (non-hydrogen) atoms. The van der Waals surface area contributed by atoms with Gasteiger partial charge in [0.05, 0.1) is 5.41 Å². The van der Waals surface area contributed by atoms with Gasteiger partial charge in [-0.15, -0.1) is 6.58 Å². The lowest BCUT2D eigenvalue weighted by molar-refractivity contribution is -0.173. The molecular formula is C22H27NO4. The average Bonchev–Trinajstić information content (AvgIpc) is 3.00. The second-order valence-corrected chi connectivity index (χ2v) is 8.77. The molecule has 2 aliphatic carbocycles. The molecule has 1 saturated heterocycles. The van der Waals surface area contributed by atoms with Crippen LogP contribution in [0.15, 0.2) is 24.8 Å². The fraction of sp³-hybridized carbons (Fsp3) is 0.591. The summed E-state index contributed by atoms with van der Waals surface area (Å²) in [5, 5.41) is 10.6. The number of carbonyl (C=O) groups is 1. The van der Waals surface area contributed by atoms with Gasteiger partial charge in [-0.3, -0.25) is 4.79 Å². The predicted molar refractivity (Wildman–Crippen MR) is 101 cm³/mol. The summed E-state index contributed by atoms with van der Waals surface area (Å²) in [6.45, 7) is 6.88. The highest BCUT2D eigenvalue weighted by Gasteiger charge is 2.73. The van der Waals surface area contributed by atoms with E-state index in [-0.39, 0.29) is 46.5 Å². The molecule has 1 N–H and O–H groups in total. The first-order valence-corrected chi connectivity index (χ1v) is 9.80. The molecule has 2 heterocycles. The standard InChI is InChI=1S/C22H27NO4/c1-5-21-11-14(12(2)24)18(26-4)20-22(21)8-9-23(3)16(21)10-13-6-7-15(25)19(27-20)17(13)22/h5-7,14,16,18,20,25H,1,8-11H2,2-4H3. The van der Waals surface area contributed by atoms with Gasteiger partial charge in [0.2, 0.25) is 0 Å². The topological polar surface area (TPSA) is 59.0 Å². The highest BCUT2D eigenvalue weighted by Crippen LogP contribution is 2.70. The zero-order chi connectivity index (χ0) is 19.1. The van der Waals surface area contributed by atoms with E-state index in [4.69, 9.17) is 9.47 Å². The molecule has 2 fully saturated rings. The molecule has 6 atom stereocenters.